The second kappa shape index (κ2) is 8.31. The number of thioether (sulfide) groups is 1. The largest absolute Gasteiger partial charge is 0.464 e. The summed E-state index contributed by atoms with van der Waals surface area (Å²) in [5.74, 6) is -0.802. The fourth-order valence-electron chi connectivity index (χ4n) is 3.06. The molecule has 2 amide bonds. The Hall–Kier alpha value is -2.06. The molecule has 2 aliphatic rings. The van der Waals surface area contributed by atoms with Crippen molar-refractivity contribution in [3.8, 4) is 0 Å². The average Bonchev–Trinajstić information content (AvgIpc) is 3.47. The number of benzene rings is 1. The van der Waals surface area contributed by atoms with Crippen molar-refractivity contribution in [1.29, 1.82) is 0 Å². The van der Waals surface area contributed by atoms with Gasteiger partial charge < -0.3 is 19.7 Å². The molecule has 0 unspecified atom stereocenters. The summed E-state index contributed by atoms with van der Waals surface area (Å²) in [5.41, 5.74) is 1.06. The summed E-state index contributed by atoms with van der Waals surface area (Å²) in [6.45, 7) is 3.89. The highest BCUT2D eigenvalue weighted by molar-refractivity contribution is 8.00. The Kier molecular flexibility index (Phi) is 6.06. The van der Waals surface area contributed by atoms with Crippen LogP contribution in [0.4, 0.5) is 5.69 Å². The molecule has 146 valence electrons. The van der Waals surface area contributed by atoms with Crippen molar-refractivity contribution in [2.45, 2.75) is 48.9 Å². The Morgan fingerprint density at radius 3 is 2.74 bits per heavy atom. The minimum atomic E-state index is -0.782. The zero-order chi connectivity index (χ0) is 19.6. The van der Waals surface area contributed by atoms with E-state index in [1.165, 1.54) is 18.9 Å². The maximum absolute atomic E-state index is 13.2. The Morgan fingerprint density at radius 1 is 1.37 bits per heavy atom. The van der Waals surface area contributed by atoms with Gasteiger partial charge in [0.25, 0.3) is 5.91 Å². The number of hydrogen-bond acceptors (Lipinski definition) is 6. The van der Waals surface area contributed by atoms with Gasteiger partial charge in [-0.3, -0.25) is 9.59 Å². The van der Waals surface area contributed by atoms with E-state index in [-0.39, 0.29) is 36.3 Å². The predicted molar refractivity (Wildman–Crippen MR) is 102 cm³/mol. The van der Waals surface area contributed by atoms with Gasteiger partial charge in [0.1, 0.15) is 0 Å². The molecule has 1 aliphatic heterocycles. The monoisotopic (exact) mass is 392 g/mol. The minimum Gasteiger partial charge on any atom is -0.464 e. The first-order valence-corrected chi connectivity index (χ1v) is 9.94. The highest BCUT2D eigenvalue weighted by atomic mass is 32.2. The Labute approximate surface area is 162 Å². The van der Waals surface area contributed by atoms with Crippen molar-refractivity contribution < 1.29 is 23.9 Å². The van der Waals surface area contributed by atoms with Crippen LogP contribution in [-0.4, -0.2) is 60.3 Å². The zero-order valence-electron chi connectivity index (χ0n) is 15.7. The number of nitrogens with zero attached hydrogens (tertiary/aromatic N) is 1. The summed E-state index contributed by atoms with van der Waals surface area (Å²) in [6, 6.07) is 4.47. The molecule has 1 aromatic carbocycles. The number of hydrogen-bond donors (Lipinski definition) is 1. The Bertz CT molecular complexity index is 750. The van der Waals surface area contributed by atoms with Crippen molar-refractivity contribution in [1.82, 2.24) is 4.90 Å². The van der Waals surface area contributed by atoms with E-state index in [1.54, 1.807) is 24.0 Å². The van der Waals surface area contributed by atoms with E-state index in [0.717, 1.165) is 17.7 Å². The number of ether oxygens (including phenoxy) is 2. The van der Waals surface area contributed by atoms with Crippen LogP contribution in [0, 0.1) is 0 Å². The molecule has 1 aromatic rings. The number of carbonyl (C=O) groups excluding carboxylic acids is 3. The van der Waals surface area contributed by atoms with E-state index in [9.17, 15) is 14.4 Å². The standard InChI is InChI=1S/C19H24N2O5S/c1-4-26-19(24)15(10-25-3)21(13-6-7-13)18(23)12-5-8-16-14(9-12)20-17(22)11(2)27-16/h5,8-9,11,13,15H,4,6-7,10H2,1-3H3,(H,20,22)/t11-,15+/m1/s1. The van der Waals surface area contributed by atoms with Crippen molar-refractivity contribution in [2.24, 2.45) is 0 Å². The average molecular weight is 392 g/mol. The van der Waals surface area contributed by atoms with Crippen LogP contribution < -0.4 is 5.32 Å². The molecule has 0 spiro atoms. The summed E-state index contributed by atoms with van der Waals surface area (Å²) in [5, 5.41) is 2.67. The number of esters is 1. The van der Waals surface area contributed by atoms with Gasteiger partial charge in [0.2, 0.25) is 5.91 Å². The zero-order valence-corrected chi connectivity index (χ0v) is 16.5. The molecule has 1 fully saturated rings. The predicted octanol–water partition coefficient (Wildman–Crippen LogP) is 2.30. The summed E-state index contributed by atoms with van der Waals surface area (Å²) in [4.78, 5) is 40.1. The van der Waals surface area contributed by atoms with Crippen LogP contribution in [0.15, 0.2) is 23.1 Å². The van der Waals surface area contributed by atoms with Gasteiger partial charge in [-0.05, 0) is 44.9 Å². The third kappa shape index (κ3) is 4.27. The van der Waals surface area contributed by atoms with Gasteiger partial charge >= 0.3 is 5.97 Å². The molecule has 1 aliphatic carbocycles. The molecule has 27 heavy (non-hydrogen) atoms. The number of anilines is 1. The molecule has 7 nitrogen and oxygen atoms in total. The lowest BCUT2D eigenvalue weighted by molar-refractivity contribution is -0.150. The molecule has 2 atom stereocenters. The number of methoxy groups -OCH3 is 1. The lowest BCUT2D eigenvalue weighted by Gasteiger charge is -2.30. The lowest BCUT2D eigenvalue weighted by atomic mass is 10.1. The van der Waals surface area contributed by atoms with Crippen LogP contribution >= 0.6 is 11.8 Å². The van der Waals surface area contributed by atoms with E-state index in [4.69, 9.17) is 9.47 Å². The van der Waals surface area contributed by atoms with Gasteiger partial charge in [-0.15, -0.1) is 11.8 Å². The van der Waals surface area contributed by atoms with Gasteiger partial charge in [0, 0.05) is 23.6 Å². The topological polar surface area (TPSA) is 84.9 Å². The second-order valence-electron chi connectivity index (χ2n) is 6.63. The number of amides is 2. The lowest BCUT2D eigenvalue weighted by Crippen LogP contribution is -2.49. The summed E-state index contributed by atoms with van der Waals surface area (Å²) < 4.78 is 10.3. The van der Waals surface area contributed by atoms with Crippen LogP contribution in [0.3, 0.4) is 0 Å². The fourth-order valence-corrected chi connectivity index (χ4v) is 3.99. The molecule has 0 radical (unpaired) electrons. The molecule has 8 heteroatoms. The van der Waals surface area contributed by atoms with E-state index in [1.807, 2.05) is 13.0 Å². The van der Waals surface area contributed by atoms with Crippen molar-refractivity contribution in [3.63, 3.8) is 0 Å². The molecule has 3 rings (SSSR count). The Morgan fingerprint density at radius 2 is 2.11 bits per heavy atom. The van der Waals surface area contributed by atoms with E-state index in [2.05, 4.69) is 5.32 Å². The molecule has 0 aromatic heterocycles. The normalized spacial score (nSPS) is 19.7. The first kappa shape index (κ1) is 19.7. The quantitative estimate of drug-likeness (QED) is 0.717. The van der Waals surface area contributed by atoms with Gasteiger partial charge in [0.05, 0.1) is 24.2 Å². The molecule has 1 N–H and O–H groups in total. The molecule has 1 heterocycles. The number of fused-ring (bicyclic) bond motifs is 1. The maximum atomic E-state index is 13.2. The minimum absolute atomic E-state index is 0.00192. The first-order chi connectivity index (χ1) is 13.0. The van der Waals surface area contributed by atoms with Gasteiger partial charge in [-0.25, -0.2) is 4.79 Å². The molecule has 0 saturated heterocycles. The van der Waals surface area contributed by atoms with Gasteiger partial charge in [0.15, 0.2) is 6.04 Å². The van der Waals surface area contributed by atoms with Crippen LogP contribution in [0.2, 0.25) is 0 Å². The van der Waals surface area contributed by atoms with E-state index >= 15 is 0 Å². The number of rotatable bonds is 7. The van der Waals surface area contributed by atoms with Crippen LogP contribution in [0.1, 0.15) is 37.0 Å². The first-order valence-electron chi connectivity index (χ1n) is 9.06. The van der Waals surface area contributed by atoms with E-state index in [0.29, 0.717) is 11.3 Å². The van der Waals surface area contributed by atoms with Crippen LogP contribution in [0.25, 0.3) is 0 Å². The van der Waals surface area contributed by atoms with Gasteiger partial charge in [-0.1, -0.05) is 0 Å². The third-order valence-corrected chi connectivity index (χ3v) is 5.73. The van der Waals surface area contributed by atoms with Crippen LogP contribution in [0.5, 0.6) is 0 Å². The highest BCUT2D eigenvalue weighted by Gasteiger charge is 2.41. The van der Waals surface area contributed by atoms with Crippen molar-refractivity contribution >= 4 is 35.2 Å². The smallest absolute Gasteiger partial charge is 0.331 e. The second-order valence-corrected chi connectivity index (χ2v) is 8.01. The SMILES string of the molecule is CCOC(=O)[C@H](COC)N(C(=O)c1ccc2c(c1)NC(=O)[C@@H](C)S2)C1CC1. The van der Waals surface area contributed by atoms with E-state index < -0.39 is 12.0 Å². The molecule has 1 saturated carbocycles. The maximum Gasteiger partial charge on any atom is 0.331 e. The molecular weight excluding hydrogens is 368 g/mol. The number of carbonyl (C=O) groups is 3. The number of nitrogens with one attached hydrogen (secondary N) is 1. The molecule has 0 bridgehead atoms. The third-order valence-electron chi connectivity index (χ3n) is 4.55. The molecular formula is C19H24N2O5S. The van der Waals surface area contributed by atoms with Crippen molar-refractivity contribution in [3.05, 3.63) is 23.8 Å². The fraction of sp³-hybridized carbons (Fsp3) is 0.526. The van der Waals surface area contributed by atoms with Gasteiger partial charge in [-0.2, -0.15) is 0 Å². The van der Waals surface area contributed by atoms with Crippen LogP contribution in [-0.2, 0) is 19.1 Å². The summed E-state index contributed by atoms with van der Waals surface area (Å²) in [7, 11) is 1.49. The summed E-state index contributed by atoms with van der Waals surface area (Å²) >= 11 is 1.46. The summed E-state index contributed by atoms with van der Waals surface area (Å²) in [6.07, 6.45) is 1.70. The highest BCUT2D eigenvalue weighted by Crippen LogP contribution is 2.37. The van der Waals surface area contributed by atoms with Crippen molar-refractivity contribution in [2.75, 3.05) is 25.6 Å². The Balaban J connectivity index is 1.88.